The van der Waals surface area contributed by atoms with Crippen molar-refractivity contribution in [2.24, 2.45) is 0 Å². The number of carbonyl (C=O) groups excluding carboxylic acids is 1. The molecule has 114 valence electrons. The molecule has 0 saturated carbocycles. The van der Waals surface area contributed by atoms with Gasteiger partial charge in [0.05, 0.1) is 12.0 Å². The van der Waals surface area contributed by atoms with Crippen LogP contribution in [0.5, 0.6) is 0 Å². The maximum Gasteiger partial charge on any atom is 0.321 e. The van der Waals surface area contributed by atoms with E-state index in [1.165, 1.54) is 20.2 Å². The summed E-state index contributed by atoms with van der Waals surface area (Å²) in [5.74, 6) is 4.46. The number of ether oxygens (including phenoxy) is 1. The van der Waals surface area contributed by atoms with Crippen molar-refractivity contribution in [3.05, 3.63) is 29.3 Å². The number of methoxy groups -OCH3 is 1. The molecule has 0 radical (unpaired) electrons. The number of benzene rings is 1. The van der Waals surface area contributed by atoms with Crippen molar-refractivity contribution < 1.29 is 23.1 Å². The molecule has 6 nitrogen and oxygen atoms in total. The zero-order valence-corrected chi connectivity index (χ0v) is 12.9. The average molecular weight is 311 g/mol. The lowest BCUT2D eigenvalue weighted by Crippen LogP contribution is -2.33. The van der Waals surface area contributed by atoms with Gasteiger partial charge in [-0.2, -0.15) is 4.31 Å². The summed E-state index contributed by atoms with van der Waals surface area (Å²) in [6.45, 7) is 0.977. The Bertz CT molecular complexity index is 685. The van der Waals surface area contributed by atoms with Crippen molar-refractivity contribution >= 4 is 16.0 Å². The van der Waals surface area contributed by atoms with Gasteiger partial charge in [-0.05, 0) is 24.6 Å². The van der Waals surface area contributed by atoms with Crippen LogP contribution in [0.2, 0.25) is 0 Å². The van der Waals surface area contributed by atoms with Crippen molar-refractivity contribution in [3.63, 3.8) is 0 Å². The molecule has 0 aliphatic heterocycles. The van der Waals surface area contributed by atoms with Crippen molar-refractivity contribution in [3.8, 4) is 11.8 Å². The van der Waals surface area contributed by atoms with Crippen molar-refractivity contribution in [2.75, 3.05) is 27.3 Å². The van der Waals surface area contributed by atoms with Crippen LogP contribution in [0.1, 0.15) is 11.1 Å². The van der Waals surface area contributed by atoms with Gasteiger partial charge in [0, 0.05) is 12.6 Å². The van der Waals surface area contributed by atoms with Gasteiger partial charge in [-0.25, -0.2) is 8.42 Å². The number of nitrogens with zero attached hydrogens (tertiary/aromatic N) is 1. The highest BCUT2D eigenvalue weighted by molar-refractivity contribution is 7.89. The van der Waals surface area contributed by atoms with Crippen LogP contribution in [0.15, 0.2) is 23.1 Å². The Balaban J connectivity index is 3.21. The molecule has 0 heterocycles. The number of aryl methyl sites for hydroxylation is 1. The SMILES string of the molecule is COC(=O)CN(C)S(=O)(=O)c1cc(C#CCO)ccc1C. The number of esters is 1. The van der Waals surface area contributed by atoms with E-state index >= 15 is 0 Å². The smallest absolute Gasteiger partial charge is 0.321 e. The van der Waals surface area contributed by atoms with E-state index in [9.17, 15) is 13.2 Å². The van der Waals surface area contributed by atoms with Gasteiger partial charge in [-0.3, -0.25) is 4.79 Å². The Morgan fingerprint density at radius 2 is 2.10 bits per heavy atom. The van der Waals surface area contributed by atoms with Crippen molar-refractivity contribution in [1.29, 1.82) is 0 Å². The van der Waals surface area contributed by atoms with E-state index < -0.39 is 16.0 Å². The first-order chi connectivity index (χ1) is 9.82. The molecule has 0 atom stereocenters. The Kier molecular flexibility index (Phi) is 5.90. The second-order valence-electron chi connectivity index (χ2n) is 4.28. The molecule has 0 amide bonds. The molecular weight excluding hydrogens is 294 g/mol. The zero-order chi connectivity index (χ0) is 16.0. The summed E-state index contributed by atoms with van der Waals surface area (Å²) < 4.78 is 30.3. The molecule has 0 aliphatic carbocycles. The fourth-order valence-corrected chi connectivity index (χ4v) is 2.96. The fourth-order valence-electron chi connectivity index (χ4n) is 1.60. The second kappa shape index (κ2) is 7.22. The summed E-state index contributed by atoms with van der Waals surface area (Å²) in [6.07, 6.45) is 0. The largest absolute Gasteiger partial charge is 0.468 e. The van der Waals surface area contributed by atoms with Crippen LogP contribution in [0.3, 0.4) is 0 Å². The van der Waals surface area contributed by atoms with Gasteiger partial charge in [0.15, 0.2) is 0 Å². The Hall–Kier alpha value is -1.88. The first-order valence-corrected chi connectivity index (χ1v) is 7.50. The van der Waals surface area contributed by atoms with Gasteiger partial charge < -0.3 is 9.84 Å². The molecular formula is C14H17NO5S. The summed E-state index contributed by atoms with van der Waals surface area (Å²) in [4.78, 5) is 11.3. The number of rotatable bonds is 4. The number of aliphatic hydroxyl groups excluding tert-OH is 1. The minimum Gasteiger partial charge on any atom is -0.468 e. The fraction of sp³-hybridized carbons (Fsp3) is 0.357. The molecule has 0 aromatic heterocycles. The molecule has 21 heavy (non-hydrogen) atoms. The summed E-state index contributed by atoms with van der Waals surface area (Å²) in [5, 5.41) is 8.67. The number of carbonyl (C=O) groups is 1. The summed E-state index contributed by atoms with van der Waals surface area (Å²) >= 11 is 0. The zero-order valence-electron chi connectivity index (χ0n) is 12.1. The van der Waals surface area contributed by atoms with E-state index in [1.807, 2.05) is 0 Å². The molecule has 1 rings (SSSR count). The number of sulfonamides is 1. The van der Waals surface area contributed by atoms with Gasteiger partial charge in [0.1, 0.15) is 13.2 Å². The third kappa shape index (κ3) is 4.29. The summed E-state index contributed by atoms with van der Waals surface area (Å²) in [7, 11) is -1.32. The van der Waals surface area contributed by atoms with Crippen LogP contribution >= 0.6 is 0 Å². The van der Waals surface area contributed by atoms with E-state index in [1.54, 1.807) is 19.1 Å². The predicted molar refractivity (Wildman–Crippen MR) is 77.0 cm³/mol. The Morgan fingerprint density at radius 1 is 1.43 bits per heavy atom. The molecule has 1 aromatic carbocycles. The highest BCUT2D eigenvalue weighted by Gasteiger charge is 2.25. The third-order valence-corrected chi connectivity index (χ3v) is 4.71. The van der Waals surface area contributed by atoms with Gasteiger partial charge in [0.2, 0.25) is 10.0 Å². The van der Waals surface area contributed by atoms with Crippen LogP contribution < -0.4 is 0 Å². The van der Waals surface area contributed by atoms with Crippen LogP contribution in [0.4, 0.5) is 0 Å². The summed E-state index contributed by atoms with van der Waals surface area (Å²) in [6, 6.07) is 4.71. The minimum absolute atomic E-state index is 0.0682. The first-order valence-electron chi connectivity index (χ1n) is 6.06. The molecule has 7 heteroatoms. The van der Waals surface area contributed by atoms with Gasteiger partial charge >= 0.3 is 5.97 Å². The number of hydrogen-bond acceptors (Lipinski definition) is 5. The average Bonchev–Trinajstić information content (AvgIpc) is 2.45. The standard InChI is InChI=1S/C14H17NO5S/c1-11-6-7-12(5-4-8-16)9-13(11)21(18,19)15(2)10-14(17)20-3/h6-7,9,16H,8,10H2,1-3H3. The van der Waals surface area contributed by atoms with Crippen LogP contribution in [0.25, 0.3) is 0 Å². The highest BCUT2D eigenvalue weighted by Crippen LogP contribution is 2.20. The lowest BCUT2D eigenvalue weighted by Gasteiger charge is -2.17. The van der Waals surface area contributed by atoms with Gasteiger partial charge in [-0.15, -0.1) is 0 Å². The molecule has 0 spiro atoms. The first kappa shape index (κ1) is 17.2. The quantitative estimate of drug-likeness (QED) is 0.631. The van der Waals surface area contributed by atoms with Gasteiger partial charge in [0.25, 0.3) is 0 Å². The molecule has 0 aliphatic rings. The van der Waals surface area contributed by atoms with Crippen molar-refractivity contribution in [1.82, 2.24) is 4.31 Å². The van der Waals surface area contributed by atoms with E-state index in [0.717, 1.165) is 4.31 Å². The van der Waals surface area contributed by atoms with E-state index in [2.05, 4.69) is 16.6 Å². The lowest BCUT2D eigenvalue weighted by atomic mass is 10.1. The maximum atomic E-state index is 12.5. The molecule has 0 saturated heterocycles. The second-order valence-corrected chi connectivity index (χ2v) is 6.29. The highest BCUT2D eigenvalue weighted by atomic mass is 32.2. The summed E-state index contributed by atoms with van der Waals surface area (Å²) in [5.41, 5.74) is 1.01. The van der Waals surface area contributed by atoms with Crippen molar-refractivity contribution in [2.45, 2.75) is 11.8 Å². The normalized spacial score (nSPS) is 10.9. The molecule has 1 N–H and O–H groups in total. The monoisotopic (exact) mass is 311 g/mol. The minimum atomic E-state index is -3.82. The molecule has 0 unspecified atom stereocenters. The van der Waals surface area contributed by atoms with E-state index in [4.69, 9.17) is 5.11 Å². The Labute approximate surface area is 124 Å². The Morgan fingerprint density at radius 3 is 2.67 bits per heavy atom. The van der Waals surface area contributed by atoms with E-state index in [0.29, 0.717) is 11.1 Å². The topological polar surface area (TPSA) is 83.9 Å². The van der Waals surface area contributed by atoms with Crippen LogP contribution in [-0.2, 0) is 19.6 Å². The number of aliphatic hydroxyl groups is 1. The number of likely N-dealkylation sites (N-methyl/N-ethyl adjacent to an activating group) is 1. The maximum absolute atomic E-state index is 12.5. The third-order valence-electron chi connectivity index (χ3n) is 2.77. The number of hydrogen-bond donors (Lipinski definition) is 1. The molecule has 0 bridgehead atoms. The van der Waals surface area contributed by atoms with Gasteiger partial charge in [-0.1, -0.05) is 17.9 Å². The molecule has 0 fully saturated rings. The van der Waals surface area contributed by atoms with Crippen LogP contribution in [0, 0.1) is 18.8 Å². The lowest BCUT2D eigenvalue weighted by molar-refractivity contribution is -0.140. The predicted octanol–water partition coefficient (Wildman–Crippen LogP) is 0.132. The van der Waals surface area contributed by atoms with Crippen LogP contribution in [-0.4, -0.2) is 51.1 Å². The van der Waals surface area contributed by atoms with E-state index in [-0.39, 0.29) is 18.0 Å². The molecule has 1 aromatic rings.